The van der Waals surface area contributed by atoms with Gasteiger partial charge in [0.25, 0.3) is 0 Å². The molecule has 1 aromatic heterocycles. The van der Waals surface area contributed by atoms with Crippen LogP contribution in [0.3, 0.4) is 0 Å². The lowest BCUT2D eigenvalue weighted by Crippen LogP contribution is -2.53. The molecule has 7 heteroatoms. The van der Waals surface area contributed by atoms with Crippen molar-refractivity contribution in [1.29, 1.82) is 0 Å². The zero-order valence-electron chi connectivity index (χ0n) is 13.2. The van der Waals surface area contributed by atoms with E-state index in [4.69, 9.17) is 16.3 Å². The lowest BCUT2D eigenvalue weighted by atomic mass is 10.0. The third-order valence-corrected chi connectivity index (χ3v) is 3.52. The number of carbonyl (C=O) groups excluding carboxylic acids is 2. The number of likely N-dealkylation sites (N-methyl/N-ethyl adjacent to an activating group) is 1. The van der Waals surface area contributed by atoms with E-state index in [0.717, 1.165) is 0 Å². The number of amides is 2. The van der Waals surface area contributed by atoms with Crippen molar-refractivity contribution < 1.29 is 14.3 Å². The first-order chi connectivity index (χ1) is 10.2. The van der Waals surface area contributed by atoms with Gasteiger partial charge in [0.15, 0.2) is 0 Å². The highest BCUT2D eigenvalue weighted by atomic mass is 35.5. The van der Waals surface area contributed by atoms with Crippen molar-refractivity contribution in [3.05, 3.63) is 29.0 Å². The predicted molar refractivity (Wildman–Crippen MR) is 82.6 cm³/mol. The van der Waals surface area contributed by atoms with E-state index >= 15 is 0 Å². The summed E-state index contributed by atoms with van der Waals surface area (Å²) < 4.78 is 5.41. The van der Waals surface area contributed by atoms with Crippen LogP contribution in [0.2, 0.25) is 5.15 Å². The molecule has 1 fully saturated rings. The molecular weight excluding hydrogens is 306 g/mol. The van der Waals surface area contributed by atoms with Gasteiger partial charge in [-0.15, -0.1) is 0 Å². The van der Waals surface area contributed by atoms with Crippen LogP contribution in [0.4, 0.5) is 4.79 Å². The molecule has 0 aromatic carbocycles. The molecule has 1 saturated heterocycles. The molecule has 1 aliphatic rings. The van der Waals surface area contributed by atoms with Crippen LogP contribution in [0, 0.1) is 0 Å². The topological polar surface area (TPSA) is 62.7 Å². The number of halogens is 1. The Bertz CT molecular complexity index is 568. The average Bonchev–Trinajstić information content (AvgIpc) is 2.41. The van der Waals surface area contributed by atoms with E-state index in [-0.39, 0.29) is 5.91 Å². The summed E-state index contributed by atoms with van der Waals surface area (Å²) in [5.74, 6) is -0.166. The molecule has 0 bridgehead atoms. The van der Waals surface area contributed by atoms with Crippen molar-refractivity contribution in [3.8, 4) is 0 Å². The Labute approximate surface area is 135 Å². The molecule has 0 saturated carbocycles. The summed E-state index contributed by atoms with van der Waals surface area (Å²) in [6.07, 6.45) is 1.01. The fourth-order valence-corrected chi connectivity index (χ4v) is 2.34. The number of nitrogens with zero attached hydrogens (tertiary/aromatic N) is 3. The summed E-state index contributed by atoms with van der Waals surface area (Å²) in [7, 11) is 1.71. The number of ether oxygens (including phenoxy) is 1. The Hall–Kier alpha value is -1.82. The number of aromatic nitrogens is 1. The van der Waals surface area contributed by atoms with Gasteiger partial charge in [0.1, 0.15) is 16.8 Å². The van der Waals surface area contributed by atoms with Crippen LogP contribution < -0.4 is 0 Å². The van der Waals surface area contributed by atoms with E-state index in [1.165, 1.54) is 11.1 Å². The largest absolute Gasteiger partial charge is 0.444 e. The monoisotopic (exact) mass is 325 g/mol. The Morgan fingerprint density at radius 2 is 2.05 bits per heavy atom. The van der Waals surface area contributed by atoms with Crippen LogP contribution in [-0.4, -0.2) is 52.5 Å². The minimum Gasteiger partial charge on any atom is -0.444 e. The third kappa shape index (κ3) is 3.68. The maximum Gasteiger partial charge on any atom is 0.411 e. The van der Waals surface area contributed by atoms with Crippen LogP contribution in [0.15, 0.2) is 18.3 Å². The van der Waals surface area contributed by atoms with Crippen LogP contribution >= 0.6 is 11.6 Å². The Balaban J connectivity index is 2.32. The predicted octanol–water partition coefficient (Wildman–Crippen LogP) is 2.49. The quantitative estimate of drug-likeness (QED) is 0.744. The van der Waals surface area contributed by atoms with Gasteiger partial charge in [-0.1, -0.05) is 17.7 Å². The van der Waals surface area contributed by atoms with Crippen molar-refractivity contribution >= 4 is 23.6 Å². The van der Waals surface area contributed by atoms with Gasteiger partial charge >= 0.3 is 6.09 Å². The summed E-state index contributed by atoms with van der Waals surface area (Å²) in [6.45, 7) is 6.25. The number of hydrogen-bond donors (Lipinski definition) is 0. The number of rotatable bonds is 1. The molecule has 1 aliphatic heterocycles. The average molecular weight is 326 g/mol. The second-order valence-corrected chi connectivity index (χ2v) is 6.64. The minimum atomic E-state index is -0.738. The highest BCUT2D eigenvalue weighted by Gasteiger charge is 2.39. The van der Waals surface area contributed by atoms with Crippen LogP contribution in [0.5, 0.6) is 0 Å². The van der Waals surface area contributed by atoms with E-state index in [0.29, 0.717) is 23.8 Å². The van der Waals surface area contributed by atoms with Gasteiger partial charge in [-0.25, -0.2) is 9.78 Å². The van der Waals surface area contributed by atoms with Crippen LogP contribution in [-0.2, 0) is 9.53 Å². The third-order valence-electron chi connectivity index (χ3n) is 3.29. The molecule has 0 N–H and O–H groups in total. The molecule has 0 radical (unpaired) electrons. The summed E-state index contributed by atoms with van der Waals surface area (Å²) >= 11 is 5.79. The van der Waals surface area contributed by atoms with Crippen molar-refractivity contribution in [2.45, 2.75) is 32.4 Å². The highest BCUT2D eigenvalue weighted by molar-refractivity contribution is 6.29. The molecule has 0 aliphatic carbocycles. The zero-order chi connectivity index (χ0) is 16.5. The molecule has 1 atom stereocenters. The van der Waals surface area contributed by atoms with Crippen LogP contribution in [0.25, 0.3) is 0 Å². The molecule has 2 amide bonds. The lowest BCUT2D eigenvalue weighted by molar-refractivity contribution is -0.140. The number of piperazine rings is 1. The van der Waals surface area contributed by atoms with Crippen molar-refractivity contribution in [3.63, 3.8) is 0 Å². The first-order valence-electron chi connectivity index (χ1n) is 7.05. The maximum absolute atomic E-state index is 12.5. The van der Waals surface area contributed by atoms with Crippen LogP contribution in [0.1, 0.15) is 32.4 Å². The molecule has 6 nitrogen and oxygen atoms in total. The first-order valence-corrected chi connectivity index (χ1v) is 7.43. The summed E-state index contributed by atoms with van der Waals surface area (Å²) in [6, 6.07) is 2.57. The second kappa shape index (κ2) is 6.12. The van der Waals surface area contributed by atoms with Crippen molar-refractivity contribution in [2.24, 2.45) is 0 Å². The lowest BCUT2D eigenvalue weighted by Gasteiger charge is -2.39. The van der Waals surface area contributed by atoms with E-state index in [1.54, 1.807) is 44.9 Å². The normalized spacial score (nSPS) is 19.3. The van der Waals surface area contributed by atoms with E-state index in [2.05, 4.69) is 4.98 Å². The standard InChI is InChI=1S/C15H20ClN3O3/c1-15(2,3)22-14(21)19-8-7-18(4)13(20)12(19)10-5-6-11(16)17-9-10/h5-6,9,12H,7-8H2,1-4H3. The van der Waals surface area contributed by atoms with E-state index in [1.807, 2.05) is 0 Å². The van der Waals surface area contributed by atoms with Crippen molar-refractivity contribution in [2.75, 3.05) is 20.1 Å². The highest BCUT2D eigenvalue weighted by Crippen LogP contribution is 2.28. The number of hydrogen-bond acceptors (Lipinski definition) is 4. The Kier molecular flexibility index (Phi) is 4.60. The fraction of sp³-hybridized carbons (Fsp3) is 0.533. The molecule has 22 heavy (non-hydrogen) atoms. The summed E-state index contributed by atoms with van der Waals surface area (Å²) in [5, 5.41) is 0.337. The molecule has 1 unspecified atom stereocenters. The Morgan fingerprint density at radius 1 is 1.36 bits per heavy atom. The van der Waals surface area contributed by atoms with Gasteiger partial charge in [-0.2, -0.15) is 0 Å². The molecule has 0 spiro atoms. The van der Waals surface area contributed by atoms with Gasteiger partial charge in [-0.3, -0.25) is 9.69 Å². The summed E-state index contributed by atoms with van der Waals surface area (Å²) in [4.78, 5) is 31.9. The van der Waals surface area contributed by atoms with Gasteiger partial charge in [0.05, 0.1) is 0 Å². The molecule has 2 rings (SSSR count). The number of pyridine rings is 1. The van der Waals surface area contributed by atoms with Gasteiger partial charge in [-0.05, 0) is 26.8 Å². The first kappa shape index (κ1) is 16.5. The molecule has 120 valence electrons. The zero-order valence-corrected chi connectivity index (χ0v) is 13.9. The molecular formula is C15H20ClN3O3. The SMILES string of the molecule is CN1CCN(C(=O)OC(C)(C)C)C(c2ccc(Cl)nc2)C1=O. The van der Waals surface area contributed by atoms with Crippen molar-refractivity contribution in [1.82, 2.24) is 14.8 Å². The maximum atomic E-state index is 12.5. The summed E-state index contributed by atoms with van der Waals surface area (Å²) in [5.41, 5.74) is -0.00136. The van der Waals surface area contributed by atoms with Gasteiger partial charge < -0.3 is 9.64 Å². The fourth-order valence-electron chi connectivity index (χ4n) is 2.23. The number of carbonyl (C=O) groups is 2. The van der Waals surface area contributed by atoms with Gasteiger partial charge in [0, 0.05) is 31.9 Å². The minimum absolute atomic E-state index is 0.166. The van der Waals surface area contributed by atoms with E-state index < -0.39 is 17.7 Å². The Morgan fingerprint density at radius 3 is 2.59 bits per heavy atom. The second-order valence-electron chi connectivity index (χ2n) is 6.25. The van der Waals surface area contributed by atoms with Gasteiger partial charge in [0.2, 0.25) is 5.91 Å². The molecule has 2 heterocycles. The smallest absolute Gasteiger partial charge is 0.411 e. The van der Waals surface area contributed by atoms with E-state index in [9.17, 15) is 9.59 Å². The molecule has 1 aromatic rings.